The minimum atomic E-state index is -0.435. The van der Waals surface area contributed by atoms with E-state index < -0.39 is 5.97 Å². The van der Waals surface area contributed by atoms with Crippen molar-refractivity contribution in [1.82, 2.24) is 0 Å². The van der Waals surface area contributed by atoms with Crippen LogP contribution in [0.3, 0.4) is 0 Å². The van der Waals surface area contributed by atoms with Crippen molar-refractivity contribution in [3.8, 4) is 11.5 Å². The maximum absolute atomic E-state index is 11.9. The van der Waals surface area contributed by atoms with Crippen molar-refractivity contribution in [3.63, 3.8) is 0 Å². The normalized spacial score (nSPS) is 11.1. The number of ether oxygens (including phenoxy) is 1. The number of rotatable bonds is 5. The summed E-state index contributed by atoms with van der Waals surface area (Å²) in [6, 6.07) is 23.3. The van der Waals surface area contributed by atoms with Crippen molar-refractivity contribution in [2.45, 2.75) is 0 Å². The van der Waals surface area contributed by atoms with Crippen LogP contribution in [-0.4, -0.2) is 17.3 Å². The molecule has 0 spiro atoms. The molecule has 0 aliphatic carbocycles. The van der Waals surface area contributed by atoms with Gasteiger partial charge in [0.15, 0.2) is 0 Å². The van der Waals surface area contributed by atoms with Gasteiger partial charge in [0.25, 0.3) is 0 Å². The number of aliphatic imine (C=N–C) groups is 1. The zero-order chi connectivity index (χ0) is 18.2. The first-order valence-electron chi connectivity index (χ1n) is 8.07. The third kappa shape index (κ3) is 5.18. The zero-order valence-electron chi connectivity index (χ0n) is 13.9. The lowest BCUT2D eigenvalue weighted by Crippen LogP contribution is -2.03. The van der Waals surface area contributed by atoms with Crippen LogP contribution in [-0.2, 0) is 4.79 Å². The Morgan fingerprint density at radius 1 is 0.885 bits per heavy atom. The molecule has 0 atom stereocenters. The maximum atomic E-state index is 11.9. The monoisotopic (exact) mass is 343 g/mol. The van der Waals surface area contributed by atoms with Gasteiger partial charge in [0.2, 0.25) is 0 Å². The Bertz CT molecular complexity index is 929. The van der Waals surface area contributed by atoms with Gasteiger partial charge >= 0.3 is 5.97 Å². The Labute approximate surface area is 151 Å². The molecular formula is C22H17NO3. The number of esters is 1. The second-order valence-electron chi connectivity index (χ2n) is 5.51. The van der Waals surface area contributed by atoms with E-state index >= 15 is 0 Å². The Kier molecular flexibility index (Phi) is 5.58. The fourth-order valence-corrected chi connectivity index (χ4v) is 2.22. The molecule has 1 N–H and O–H groups in total. The maximum Gasteiger partial charge on any atom is 0.336 e. The molecule has 0 bridgehead atoms. The van der Waals surface area contributed by atoms with Crippen LogP contribution < -0.4 is 4.74 Å². The molecule has 0 amide bonds. The molecule has 0 aliphatic heterocycles. The van der Waals surface area contributed by atoms with Crippen molar-refractivity contribution >= 4 is 23.9 Å². The Morgan fingerprint density at radius 2 is 1.65 bits per heavy atom. The lowest BCUT2D eigenvalue weighted by molar-refractivity contribution is -0.128. The molecule has 0 saturated carbocycles. The predicted octanol–water partition coefficient (Wildman–Crippen LogP) is 4.76. The smallest absolute Gasteiger partial charge is 0.336 e. The van der Waals surface area contributed by atoms with Crippen molar-refractivity contribution < 1.29 is 14.6 Å². The minimum Gasteiger partial charge on any atom is -0.508 e. The van der Waals surface area contributed by atoms with Gasteiger partial charge in [-0.15, -0.1) is 0 Å². The zero-order valence-corrected chi connectivity index (χ0v) is 13.9. The number of hydrogen-bond acceptors (Lipinski definition) is 4. The fourth-order valence-electron chi connectivity index (χ4n) is 2.22. The summed E-state index contributed by atoms with van der Waals surface area (Å²) >= 11 is 0. The van der Waals surface area contributed by atoms with E-state index in [0.29, 0.717) is 11.4 Å². The van der Waals surface area contributed by atoms with E-state index in [0.717, 1.165) is 11.1 Å². The van der Waals surface area contributed by atoms with Gasteiger partial charge in [-0.25, -0.2) is 4.79 Å². The summed E-state index contributed by atoms with van der Waals surface area (Å²) in [6.45, 7) is 0. The van der Waals surface area contributed by atoms with Gasteiger partial charge in [-0.2, -0.15) is 0 Å². The molecule has 3 aromatic carbocycles. The summed E-state index contributed by atoms with van der Waals surface area (Å²) in [5.41, 5.74) is 2.45. The molecule has 0 heterocycles. The van der Waals surface area contributed by atoms with E-state index in [1.807, 2.05) is 30.3 Å². The molecule has 0 fully saturated rings. The van der Waals surface area contributed by atoms with E-state index in [4.69, 9.17) is 4.74 Å². The summed E-state index contributed by atoms with van der Waals surface area (Å²) in [5.74, 6) is 0.197. The van der Waals surface area contributed by atoms with Crippen LogP contribution in [0, 0.1) is 0 Å². The highest BCUT2D eigenvalue weighted by Gasteiger charge is 2.00. The summed E-state index contributed by atoms with van der Waals surface area (Å²) in [7, 11) is 0. The first-order valence-corrected chi connectivity index (χ1v) is 8.07. The molecular weight excluding hydrogens is 326 g/mol. The highest BCUT2D eigenvalue weighted by atomic mass is 16.5. The minimum absolute atomic E-state index is 0.172. The molecule has 3 aromatic rings. The van der Waals surface area contributed by atoms with Gasteiger partial charge in [-0.3, -0.25) is 4.99 Å². The summed E-state index contributed by atoms with van der Waals surface area (Å²) in [4.78, 5) is 16.1. The number of hydrogen-bond donors (Lipinski definition) is 1. The lowest BCUT2D eigenvalue weighted by Gasteiger charge is -2.01. The molecule has 0 aliphatic rings. The first-order chi connectivity index (χ1) is 12.7. The van der Waals surface area contributed by atoms with E-state index in [1.54, 1.807) is 60.8 Å². The van der Waals surface area contributed by atoms with Crippen LogP contribution in [0.15, 0.2) is 89.9 Å². The number of nitrogens with zero attached hydrogens (tertiary/aromatic N) is 1. The topological polar surface area (TPSA) is 58.9 Å². The number of carbonyl (C=O) groups is 1. The average molecular weight is 343 g/mol. The van der Waals surface area contributed by atoms with E-state index in [2.05, 4.69) is 4.99 Å². The molecule has 0 unspecified atom stereocenters. The van der Waals surface area contributed by atoms with Crippen molar-refractivity contribution in [1.29, 1.82) is 0 Å². The van der Waals surface area contributed by atoms with Gasteiger partial charge in [0, 0.05) is 18.4 Å². The van der Waals surface area contributed by atoms with E-state index in [-0.39, 0.29) is 5.75 Å². The number of phenolic OH excluding ortho intramolecular Hbond substituents is 1. The standard InChI is InChI=1S/C22H17NO3/c24-20-8-4-7-19(15-20)23-16-18-9-12-21(13-10-18)26-22(25)14-11-17-5-2-1-3-6-17/h1-16,24H/b14-11+,23-16?. The number of benzene rings is 3. The van der Waals surface area contributed by atoms with Gasteiger partial charge in [-0.05, 0) is 53.6 Å². The van der Waals surface area contributed by atoms with Crippen LogP contribution in [0.2, 0.25) is 0 Å². The Hall–Kier alpha value is -3.66. The molecule has 0 saturated heterocycles. The van der Waals surface area contributed by atoms with Crippen LogP contribution in [0.25, 0.3) is 6.08 Å². The quantitative estimate of drug-likeness (QED) is 0.314. The molecule has 4 heteroatoms. The molecule has 26 heavy (non-hydrogen) atoms. The van der Waals surface area contributed by atoms with Crippen LogP contribution in [0.1, 0.15) is 11.1 Å². The van der Waals surface area contributed by atoms with Crippen LogP contribution >= 0.6 is 0 Å². The fraction of sp³-hybridized carbons (Fsp3) is 0. The van der Waals surface area contributed by atoms with E-state index in [9.17, 15) is 9.90 Å². The second-order valence-corrected chi connectivity index (χ2v) is 5.51. The number of aromatic hydroxyl groups is 1. The van der Waals surface area contributed by atoms with E-state index in [1.165, 1.54) is 6.08 Å². The summed E-state index contributed by atoms with van der Waals surface area (Å²) < 4.78 is 5.27. The second kappa shape index (κ2) is 8.44. The van der Waals surface area contributed by atoms with Crippen LogP contribution in [0.4, 0.5) is 5.69 Å². The summed E-state index contributed by atoms with van der Waals surface area (Å²) in [6.07, 6.45) is 4.78. The average Bonchev–Trinajstić information content (AvgIpc) is 2.67. The number of carbonyl (C=O) groups excluding carboxylic acids is 1. The highest BCUT2D eigenvalue weighted by Crippen LogP contribution is 2.18. The Morgan fingerprint density at radius 3 is 2.38 bits per heavy atom. The van der Waals surface area contributed by atoms with Gasteiger partial charge < -0.3 is 9.84 Å². The lowest BCUT2D eigenvalue weighted by atomic mass is 10.2. The molecule has 128 valence electrons. The van der Waals surface area contributed by atoms with Gasteiger partial charge in [0.05, 0.1) is 5.69 Å². The first kappa shape index (κ1) is 17.2. The van der Waals surface area contributed by atoms with Gasteiger partial charge in [0.1, 0.15) is 11.5 Å². The largest absolute Gasteiger partial charge is 0.508 e. The molecule has 0 aromatic heterocycles. The van der Waals surface area contributed by atoms with Crippen molar-refractivity contribution in [2.75, 3.05) is 0 Å². The van der Waals surface area contributed by atoms with Crippen molar-refractivity contribution in [3.05, 3.63) is 96.1 Å². The van der Waals surface area contributed by atoms with Crippen LogP contribution in [0.5, 0.6) is 11.5 Å². The highest BCUT2D eigenvalue weighted by molar-refractivity contribution is 5.89. The third-order valence-corrected chi connectivity index (χ3v) is 3.50. The molecule has 0 radical (unpaired) electrons. The van der Waals surface area contributed by atoms with Gasteiger partial charge in [-0.1, -0.05) is 36.4 Å². The summed E-state index contributed by atoms with van der Waals surface area (Å²) in [5, 5.41) is 9.42. The predicted molar refractivity (Wildman–Crippen MR) is 103 cm³/mol. The Balaban J connectivity index is 1.59. The molecule has 4 nitrogen and oxygen atoms in total. The van der Waals surface area contributed by atoms with Crippen molar-refractivity contribution in [2.24, 2.45) is 4.99 Å². The number of phenols is 1. The SMILES string of the molecule is O=C(/C=C/c1ccccc1)Oc1ccc(C=Nc2cccc(O)c2)cc1. The molecule has 3 rings (SSSR count). The third-order valence-electron chi connectivity index (χ3n) is 3.50.